The smallest absolute Gasteiger partial charge is 0.354 e. The van der Waals surface area contributed by atoms with Crippen molar-refractivity contribution in [1.29, 1.82) is 0 Å². The van der Waals surface area contributed by atoms with Crippen molar-refractivity contribution in [3.8, 4) is 5.88 Å². The molecule has 2 aromatic rings. The lowest BCUT2D eigenvalue weighted by Crippen LogP contribution is -2.13. The van der Waals surface area contributed by atoms with Crippen LogP contribution in [0.5, 0.6) is 5.88 Å². The Morgan fingerprint density at radius 2 is 2.14 bits per heavy atom. The average molecular weight is 291 g/mol. The molecule has 2 rings (SSSR count). The van der Waals surface area contributed by atoms with Gasteiger partial charge in [-0.3, -0.25) is 10.1 Å². The van der Waals surface area contributed by atoms with Crippen LogP contribution >= 0.6 is 0 Å². The maximum Gasteiger partial charge on any atom is 0.354 e. The van der Waals surface area contributed by atoms with Gasteiger partial charge in [-0.25, -0.2) is 20.8 Å². The van der Waals surface area contributed by atoms with Crippen LogP contribution in [0.2, 0.25) is 0 Å². The molecule has 0 aliphatic rings. The molecular weight excluding hydrogens is 278 g/mol. The molecule has 0 radical (unpaired) electrons. The van der Waals surface area contributed by atoms with Gasteiger partial charge in [0, 0.05) is 18.8 Å². The molecule has 2 heterocycles. The van der Waals surface area contributed by atoms with Crippen LogP contribution in [0.4, 0.5) is 17.3 Å². The summed E-state index contributed by atoms with van der Waals surface area (Å²) in [5, 5.41) is 13.9. The first-order valence-electron chi connectivity index (χ1n) is 5.84. The number of nitro groups is 1. The number of aromatic nitrogens is 3. The number of hydrogen-bond donors (Lipinski definition) is 3. The largest absolute Gasteiger partial charge is 0.481 e. The number of methoxy groups -OCH3 is 1. The van der Waals surface area contributed by atoms with Crippen LogP contribution in [0.1, 0.15) is 5.56 Å². The van der Waals surface area contributed by atoms with Gasteiger partial charge in [-0.1, -0.05) is 0 Å². The lowest BCUT2D eigenvalue weighted by atomic mass is 10.2. The summed E-state index contributed by atoms with van der Waals surface area (Å²) in [4.78, 5) is 22.0. The average Bonchev–Trinajstić information content (AvgIpc) is 2.52. The topological polar surface area (TPSA) is 141 Å². The third-order valence-corrected chi connectivity index (χ3v) is 2.61. The van der Waals surface area contributed by atoms with Gasteiger partial charge in [-0.05, 0) is 11.6 Å². The predicted molar refractivity (Wildman–Crippen MR) is 74.6 cm³/mol. The number of ether oxygens (including phenoxy) is 1. The lowest BCUT2D eigenvalue weighted by Gasteiger charge is -2.08. The molecule has 0 saturated carbocycles. The van der Waals surface area contributed by atoms with Gasteiger partial charge in [0.15, 0.2) is 0 Å². The number of hydrazine groups is 1. The monoisotopic (exact) mass is 291 g/mol. The normalized spacial score (nSPS) is 10.0. The highest BCUT2D eigenvalue weighted by molar-refractivity contribution is 5.68. The number of nitrogens with one attached hydrogen (secondary N) is 2. The van der Waals surface area contributed by atoms with Crippen molar-refractivity contribution < 1.29 is 9.66 Å². The van der Waals surface area contributed by atoms with Crippen molar-refractivity contribution in [3.63, 3.8) is 0 Å². The van der Waals surface area contributed by atoms with Crippen LogP contribution in [-0.4, -0.2) is 27.0 Å². The zero-order valence-electron chi connectivity index (χ0n) is 11.1. The van der Waals surface area contributed by atoms with E-state index in [2.05, 4.69) is 25.7 Å². The van der Waals surface area contributed by atoms with Gasteiger partial charge in [0.05, 0.1) is 12.0 Å². The first-order chi connectivity index (χ1) is 10.2. The molecule has 0 unspecified atom stereocenters. The molecule has 0 aliphatic carbocycles. The van der Waals surface area contributed by atoms with Crippen LogP contribution in [0.3, 0.4) is 0 Å². The van der Waals surface area contributed by atoms with Crippen LogP contribution in [0, 0.1) is 10.1 Å². The van der Waals surface area contributed by atoms with Crippen LogP contribution < -0.4 is 21.3 Å². The van der Waals surface area contributed by atoms with Gasteiger partial charge in [0.2, 0.25) is 17.5 Å². The fraction of sp³-hybridized carbons (Fsp3) is 0.182. The second kappa shape index (κ2) is 6.43. The molecule has 110 valence electrons. The molecule has 10 nitrogen and oxygen atoms in total. The molecule has 0 fully saturated rings. The van der Waals surface area contributed by atoms with Gasteiger partial charge < -0.3 is 15.5 Å². The Balaban J connectivity index is 2.21. The Bertz CT molecular complexity index is 649. The van der Waals surface area contributed by atoms with Crippen molar-refractivity contribution in [2.45, 2.75) is 6.54 Å². The Morgan fingerprint density at radius 3 is 2.81 bits per heavy atom. The highest BCUT2D eigenvalue weighted by Gasteiger charge is 2.22. The SMILES string of the molecule is COc1cc(CNc2ncnc(NN)c2[N+](=O)[O-])ccn1. The zero-order chi connectivity index (χ0) is 15.2. The summed E-state index contributed by atoms with van der Waals surface area (Å²) in [5.74, 6) is 5.66. The minimum Gasteiger partial charge on any atom is -0.481 e. The predicted octanol–water partition coefficient (Wildman–Crippen LogP) is 0.686. The molecule has 0 atom stereocenters. The van der Waals surface area contributed by atoms with E-state index in [-0.39, 0.29) is 17.3 Å². The molecule has 0 aliphatic heterocycles. The lowest BCUT2D eigenvalue weighted by molar-refractivity contribution is -0.383. The van der Waals surface area contributed by atoms with E-state index < -0.39 is 4.92 Å². The summed E-state index contributed by atoms with van der Waals surface area (Å²) in [6.45, 7) is 0.306. The molecule has 4 N–H and O–H groups in total. The molecule has 0 aromatic carbocycles. The van der Waals surface area contributed by atoms with Crippen LogP contribution in [0.15, 0.2) is 24.7 Å². The number of nitrogen functional groups attached to an aromatic ring is 1. The second-order valence-corrected chi connectivity index (χ2v) is 3.88. The molecule has 0 saturated heterocycles. The number of pyridine rings is 1. The Hall–Kier alpha value is -3.01. The minimum absolute atomic E-state index is 0.0650. The fourth-order valence-electron chi connectivity index (χ4n) is 1.64. The third-order valence-electron chi connectivity index (χ3n) is 2.61. The van der Waals surface area contributed by atoms with Crippen molar-refractivity contribution in [2.75, 3.05) is 17.9 Å². The molecule has 0 spiro atoms. The third kappa shape index (κ3) is 3.30. The molecule has 2 aromatic heterocycles. The first kappa shape index (κ1) is 14.4. The van der Waals surface area contributed by atoms with Crippen LogP contribution in [0.25, 0.3) is 0 Å². The highest BCUT2D eigenvalue weighted by atomic mass is 16.6. The quantitative estimate of drug-likeness (QED) is 0.398. The summed E-state index contributed by atoms with van der Waals surface area (Å²) in [7, 11) is 1.51. The summed E-state index contributed by atoms with van der Waals surface area (Å²) in [5.41, 5.74) is 2.68. The van der Waals surface area contributed by atoms with Crippen molar-refractivity contribution in [1.82, 2.24) is 15.0 Å². The summed E-state index contributed by atoms with van der Waals surface area (Å²) < 4.78 is 5.01. The number of hydrogen-bond acceptors (Lipinski definition) is 9. The van der Waals surface area contributed by atoms with Gasteiger partial charge in [-0.15, -0.1) is 0 Å². The van der Waals surface area contributed by atoms with E-state index >= 15 is 0 Å². The van der Waals surface area contributed by atoms with Gasteiger partial charge >= 0.3 is 5.69 Å². The molecule has 0 bridgehead atoms. The van der Waals surface area contributed by atoms with Crippen molar-refractivity contribution in [3.05, 3.63) is 40.3 Å². The molecule has 0 amide bonds. The summed E-state index contributed by atoms with van der Waals surface area (Å²) in [6.07, 6.45) is 2.76. The van der Waals surface area contributed by atoms with Gasteiger partial charge in [0.1, 0.15) is 6.33 Å². The maximum atomic E-state index is 11.1. The molecule has 21 heavy (non-hydrogen) atoms. The fourth-order valence-corrected chi connectivity index (χ4v) is 1.64. The Kier molecular flexibility index (Phi) is 4.41. The van der Waals surface area contributed by atoms with E-state index in [1.54, 1.807) is 18.3 Å². The number of nitrogens with zero attached hydrogens (tertiary/aromatic N) is 4. The highest BCUT2D eigenvalue weighted by Crippen LogP contribution is 2.28. The van der Waals surface area contributed by atoms with E-state index in [0.29, 0.717) is 12.4 Å². The molecular formula is C11H13N7O3. The maximum absolute atomic E-state index is 11.1. The molecule has 10 heteroatoms. The minimum atomic E-state index is -0.606. The number of nitrogens with two attached hydrogens (primary N) is 1. The van der Waals surface area contributed by atoms with E-state index in [9.17, 15) is 10.1 Å². The van der Waals surface area contributed by atoms with E-state index in [0.717, 1.165) is 5.56 Å². The van der Waals surface area contributed by atoms with Crippen molar-refractivity contribution in [2.24, 2.45) is 5.84 Å². The number of rotatable bonds is 6. The first-order valence-corrected chi connectivity index (χ1v) is 5.84. The summed E-state index contributed by atoms with van der Waals surface area (Å²) in [6, 6.07) is 3.47. The van der Waals surface area contributed by atoms with Gasteiger partial charge in [-0.2, -0.15) is 0 Å². The van der Waals surface area contributed by atoms with Crippen molar-refractivity contribution >= 4 is 17.3 Å². The van der Waals surface area contributed by atoms with E-state index in [1.165, 1.54) is 13.4 Å². The van der Waals surface area contributed by atoms with Gasteiger partial charge in [0.25, 0.3) is 0 Å². The van der Waals surface area contributed by atoms with Crippen LogP contribution in [-0.2, 0) is 6.54 Å². The zero-order valence-corrected chi connectivity index (χ0v) is 11.1. The Morgan fingerprint density at radius 1 is 1.38 bits per heavy atom. The Labute approximate surface area is 119 Å². The van der Waals surface area contributed by atoms with E-state index in [1.807, 2.05) is 0 Å². The van der Waals surface area contributed by atoms with E-state index in [4.69, 9.17) is 10.6 Å². The summed E-state index contributed by atoms with van der Waals surface area (Å²) >= 11 is 0. The second-order valence-electron chi connectivity index (χ2n) is 3.88. The number of anilines is 2. The standard InChI is InChI=1S/C11H13N7O3/c1-21-8-4-7(2-3-13-8)5-14-10-9(18(19)20)11(17-12)16-6-15-10/h2-4,6H,5,12H2,1H3,(H2,14,15,16,17).